The number of alkyl halides is 3. The van der Waals surface area contributed by atoms with Crippen molar-refractivity contribution in [2.75, 3.05) is 0 Å². The SMILES string of the molecule is O=S(O)OC(CC(F)(F)F)c1ccccc1F. The van der Waals surface area contributed by atoms with Crippen molar-refractivity contribution in [1.29, 1.82) is 0 Å². The highest BCUT2D eigenvalue weighted by Gasteiger charge is 2.35. The second-order valence-corrected chi connectivity index (χ2v) is 3.77. The van der Waals surface area contributed by atoms with Gasteiger partial charge in [-0.2, -0.15) is 17.4 Å². The fourth-order valence-electron chi connectivity index (χ4n) is 1.24. The minimum Gasteiger partial charge on any atom is -0.284 e. The van der Waals surface area contributed by atoms with Crippen molar-refractivity contribution in [1.82, 2.24) is 0 Å². The lowest BCUT2D eigenvalue weighted by atomic mass is 10.1. The second kappa shape index (κ2) is 5.56. The van der Waals surface area contributed by atoms with Crippen LogP contribution < -0.4 is 0 Å². The Morgan fingerprint density at radius 2 is 1.94 bits per heavy atom. The molecule has 2 unspecified atom stereocenters. The molecule has 8 heteroatoms. The lowest BCUT2D eigenvalue weighted by molar-refractivity contribution is -0.151. The summed E-state index contributed by atoms with van der Waals surface area (Å²) in [4.78, 5) is 0. The van der Waals surface area contributed by atoms with Crippen LogP contribution in [-0.2, 0) is 15.5 Å². The number of hydrogen-bond donors (Lipinski definition) is 1. The standard InChI is InChI=1S/C9H8F4O3S/c10-7-4-2-1-3-6(7)8(16-17(14)15)5-9(11,12)13/h1-4,8H,5H2,(H,14,15). The van der Waals surface area contributed by atoms with Crippen molar-refractivity contribution in [2.45, 2.75) is 18.7 Å². The Morgan fingerprint density at radius 1 is 1.35 bits per heavy atom. The molecule has 96 valence electrons. The zero-order chi connectivity index (χ0) is 13.1. The van der Waals surface area contributed by atoms with Crippen molar-refractivity contribution >= 4 is 11.4 Å². The van der Waals surface area contributed by atoms with Crippen molar-refractivity contribution in [2.24, 2.45) is 0 Å². The van der Waals surface area contributed by atoms with Crippen molar-refractivity contribution in [3.63, 3.8) is 0 Å². The van der Waals surface area contributed by atoms with Gasteiger partial charge in [-0.05, 0) is 6.07 Å². The van der Waals surface area contributed by atoms with E-state index in [4.69, 9.17) is 4.55 Å². The van der Waals surface area contributed by atoms with Crippen LogP contribution in [0, 0.1) is 5.82 Å². The van der Waals surface area contributed by atoms with Crippen LogP contribution in [-0.4, -0.2) is 14.9 Å². The monoisotopic (exact) mass is 272 g/mol. The Hall–Kier alpha value is -0.990. The third-order valence-electron chi connectivity index (χ3n) is 1.87. The molecule has 1 rings (SSSR count). The molecule has 1 aromatic rings. The third kappa shape index (κ3) is 4.80. The van der Waals surface area contributed by atoms with Gasteiger partial charge in [-0.25, -0.2) is 4.39 Å². The lowest BCUT2D eigenvalue weighted by Gasteiger charge is -2.17. The van der Waals surface area contributed by atoms with E-state index in [0.29, 0.717) is 0 Å². The molecule has 17 heavy (non-hydrogen) atoms. The van der Waals surface area contributed by atoms with Gasteiger partial charge in [-0.1, -0.05) is 18.2 Å². The summed E-state index contributed by atoms with van der Waals surface area (Å²) < 4.78 is 72.8. The highest BCUT2D eigenvalue weighted by molar-refractivity contribution is 7.74. The molecule has 0 fully saturated rings. The smallest absolute Gasteiger partial charge is 0.284 e. The molecule has 0 aliphatic carbocycles. The molecule has 0 bridgehead atoms. The Labute approximate surface area is 96.9 Å². The maximum absolute atomic E-state index is 13.2. The second-order valence-electron chi connectivity index (χ2n) is 3.14. The normalized spacial score (nSPS) is 15.6. The Bertz CT molecular complexity index is 407. The molecule has 1 N–H and O–H groups in total. The van der Waals surface area contributed by atoms with Gasteiger partial charge in [0.25, 0.3) is 0 Å². The van der Waals surface area contributed by atoms with E-state index in [9.17, 15) is 21.8 Å². The predicted octanol–water partition coefficient (Wildman–Crippen LogP) is 2.97. The van der Waals surface area contributed by atoms with E-state index >= 15 is 0 Å². The molecule has 0 saturated carbocycles. The van der Waals surface area contributed by atoms with Gasteiger partial charge in [0.2, 0.25) is 0 Å². The highest BCUT2D eigenvalue weighted by Crippen LogP contribution is 2.33. The van der Waals surface area contributed by atoms with Gasteiger partial charge in [0.05, 0.1) is 6.42 Å². The molecule has 0 aliphatic rings. The fourth-order valence-corrected chi connectivity index (χ4v) is 1.61. The van der Waals surface area contributed by atoms with Crippen LogP contribution in [0.4, 0.5) is 17.6 Å². The molecular formula is C9H8F4O3S. The summed E-state index contributed by atoms with van der Waals surface area (Å²) >= 11 is -2.91. The first-order chi connectivity index (χ1) is 7.79. The first-order valence-electron chi connectivity index (χ1n) is 4.39. The van der Waals surface area contributed by atoms with Crippen LogP contribution in [0.3, 0.4) is 0 Å². The van der Waals surface area contributed by atoms with E-state index in [2.05, 4.69) is 4.18 Å². The molecule has 0 aromatic heterocycles. The number of benzene rings is 1. The van der Waals surface area contributed by atoms with Gasteiger partial charge in [0.15, 0.2) is 0 Å². The first-order valence-corrected chi connectivity index (χ1v) is 5.42. The van der Waals surface area contributed by atoms with Gasteiger partial charge < -0.3 is 0 Å². The number of halogens is 4. The van der Waals surface area contributed by atoms with Crippen molar-refractivity contribution in [3.05, 3.63) is 35.6 Å². The largest absolute Gasteiger partial charge is 0.391 e. The molecule has 0 aliphatic heterocycles. The van der Waals surface area contributed by atoms with E-state index < -0.39 is 41.4 Å². The number of hydrogen-bond acceptors (Lipinski definition) is 2. The van der Waals surface area contributed by atoms with Gasteiger partial charge >= 0.3 is 17.5 Å². The van der Waals surface area contributed by atoms with E-state index in [0.717, 1.165) is 12.1 Å². The van der Waals surface area contributed by atoms with Crippen molar-refractivity contribution < 1.29 is 30.5 Å². The summed E-state index contributed by atoms with van der Waals surface area (Å²) in [6.07, 6.45) is -8.02. The van der Waals surface area contributed by atoms with E-state index in [-0.39, 0.29) is 0 Å². The minimum absolute atomic E-state index is 0.410. The Balaban J connectivity index is 2.98. The lowest BCUT2D eigenvalue weighted by Crippen LogP contribution is -2.18. The third-order valence-corrected chi connectivity index (χ3v) is 2.26. The zero-order valence-electron chi connectivity index (χ0n) is 8.28. The summed E-state index contributed by atoms with van der Waals surface area (Å²) in [6, 6.07) is 4.62. The van der Waals surface area contributed by atoms with E-state index in [1.54, 1.807) is 0 Å². The van der Waals surface area contributed by atoms with Crippen LogP contribution in [0.1, 0.15) is 18.1 Å². The molecular weight excluding hydrogens is 264 g/mol. The zero-order valence-corrected chi connectivity index (χ0v) is 9.09. The van der Waals surface area contributed by atoms with Crippen LogP contribution in [0.15, 0.2) is 24.3 Å². The maximum atomic E-state index is 13.2. The summed E-state index contributed by atoms with van der Waals surface area (Å²) in [5.41, 5.74) is -0.410. The molecule has 0 heterocycles. The van der Waals surface area contributed by atoms with Crippen LogP contribution in [0.5, 0.6) is 0 Å². The van der Waals surface area contributed by atoms with Gasteiger partial charge in [0, 0.05) is 5.56 Å². The minimum atomic E-state index is -4.63. The summed E-state index contributed by atoms with van der Waals surface area (Å²) in [7, 11) is 0. The molecule has 0 spiro atoms. The van der Waals surface area contributed by atoms with Gasteiger partial charge in [-0.15, -0.1) is 0 Å². The molecule has 0 radical (unpaired) electrons. The summed E-state index contributed by atoms with van der Waals surface area (Å²) in [5.74, 6) is -0.924. The molecule has 2 atom stereocenters. The Kier molecular flexibility index (Phi) is 4.61. The average Bonchev–Trinajstić information content (AvgIpc) is 2.14. The number of rotatable bonds is 4. The highest BCUT2D eigenvalue weighted by atomic mass is 32.2. The predicted molar refractivity (Wildman–Crippen MR) is 51.7 cm³/mol. The Morgan fingerprint density at radius 3 is 2.41 bits per heavy atom. The topological polar surface area (TPSA) is 46.5 Å². The molecule has 3 nitrogen and oxygen atoms in total. The van der Waals surface area contributed by atoms with Gasteiger partial charge in [0.1, 0.15) is 11.9 Å². The molecule has 0 amide bonds. The van der Waals surface area contributed by atoms with E-state index in [1.165, 1.54) is 12.1 Å². The average molecular weight is 272 g/mol. The van der Waals surface area contributed by atoms with Crippen LogP contribution >= 0.6 is 0 Å². The van der Waals surface area contributed by atoms with Crippen molar-refractivity contribution in [3.8, 4) is 0 Å². The molecule has 1 aromatic carbocycles. The van der Waals surface area contributed by atoms with Crippen LogP contribution in [0.25, 0.3) is 0 Å². The molecule has 0 saturated heterocycles. The first kappa shape index (κ1) is 14.1. The summed E-state index contributed by atoms with van der Waals surface area (Å²) in [6.45, 7) is 0. The van der Waals surface area contributed by atoms with Gasteiger partial charge in [-0.3, -0.25) is 8.74 Å². The van der Waals surface area contributed by atoms with E-state index in [1.807, 2.05) is 0 Å². The summed E-state index contributed by atoms with van der Waals surface area (Å²) in [5, 5.41) is 0. The quantitative estimate of drug-likeness (QED) is 0.677. The maximum Gasteiger partial charge on any atom is 0.391 e. The fraction of sp³-hybridized carbons (Fsp3) is 0.333. The van der Waals surface area contributed by atoms with Crippen LogP contribution in [0.2, 0.25) is 0 Å².